The molecule has 0 radical (unpaired) electrons. The molecule has 1 aliphatic carbocycles. The maximum atomic E-state index is 6.34. The number of aromatic nitrogens is 3. The second-order valence-electron chi connectivity index (χ2n) is 10.3. The van der Waals surface area contributed by atoms with Crippen LogP contribution in [-0.2, 0) is 16.0 Å². The third-order valence-electron chi connectivity index (χ3n) is 7.02. The lowest BCUT2D eigenvalue weighted by Gasteiger charge is -2.25. The smallest absolute Gasteiger partial charge is 0.225 e. The van der Waals surface area contributed by atoms with E-state index in [0.29, 0.717) is 19.0 Å². The van der Waals surface area contributed by atoms with E-state index in [2.05, 4.69) is 35.8 Å². The van der Waals surface area contributed by atoms with Gasteiger partial charge in [-0.3, -0.25) is 0 Å². The minimum atomic E-state index is -0.633. The van der Waals surface area contributed by atoms with Crippen LogP contribution in [0.25, 0.3) is 20.8 Å². The molecule has 1 saturated carbocycles. The van der Waals surface area contributed by atoms with Crippen LogP contribution < -0.4 is 16.4 Å². The predicted molar refractivity (Wildman–Crippen MR) is 150 cm³/mol. The molecule has 2 fully saturated rings. The number of rotatable bonds is 7. The Kier molecular flexibility index (Phi) is 6.40. The van der Waals surface area contributed by atoms with Gasteiger partial charge < -0.3 is 25.8 Å². The van der Waals surface area contributed by atoms with Crippen molar-refractivity contribution < 1.29 is 9.47 Å². The standard InChI is InChI=1S/C27H32N6O2S2/c1-14-9-10-17(36-14)13-29-26-30-15(2)21(25-32-18-7-5-6-8-20(18)37-25)24(33-26)31-19-11-16(12-28)22-23(19)35-27(3,4)34-22/h5-10,16,19,22-23H,11-13,28H2,1-4H3,(H2,29,30,31,33). The minimum absolute atomic E-state index is 0.00977. The van der Waals surface area contributed by atoms with Gasteiger partial charge in [0, 0.05) is 15.7 Å². The van der Waals surface area contributed by atoms with E-state index in [1.807, 2.05) is 39.0 Å². The van der Waals surface area contributed by atoms with Crippen molar-refractivity contribution in [3.63, 3.8) is 0 Å². The first-order valence-corrected chi connectivity index (χ1v) is 14.3. The third-order valence-corrected chi connectivity index (χ3v) is 9.08. The van der Waals surface area contributed by atoms with E-state index in [9.17, 15) is 0 Å². The molecule has 1 saturated heterocycles. The maximum Gasteiger partial charge on any atom is 0.225 e. The second-order valence-corrected chi connectivity index (χ2v) is 12.7. The number of thiophene rings is 1. The van der Waals surface area contributed by atoms with Crippen molar-refractivity contribution in [2.75, 3.05) is 17.2 Å². The van der Waals surface area contributed by atoms with Gasteiger partial charge in [-0.15, -0.1) is 22.7 Å². The monoisotopic (exact) mass is 536 g/mol. The summed E-state index contributed by atoms with van der Waals surface area (Å²) in [4.78, 5) is 17.3. The number of anilines is 2. The number of hydrogen-bond donors (Lipinski definition) is 3. The van der Waals surface area contributed by atoms with Gasteiger partial charge in [-0.25, -0.2) is 9.97 Å². The molecule has 4 N–H and O–H groups in total. The minimum Gasteiger partial charge on any atom is -0.364 e. The largest absolute Gasteiger partial charge is 0.364 e. The number of hydrogen-bond acceptors (Lipinski definition) is 10. The van der Waals surface area contributed by atoms with Gasteiger partial charge in [0.05, 0.1) is 40.2 Å². The van der Waals surface area contributed by atoms with Gasteiger partial charge in [0.15, 0.2) is 5.79 Å². The molecule has 0 spiro atoms. The van der Waals surface area contributed by atoms with Gasteiger partial charge in [0.1, 0.15) is 16.9 Å². The second kappa shape index (κ2) is 9.59. The molecule has 4 aromatic rings. The molecular formula is C27H32N6O2S2. The number of nitrogens with zero attached hydrogens (tertiary/aromatic N) is 3. The van der Waals surface area contributed by atoms with Crippen LogP contribution in [-0.4, -0.2) is 45.5 Å². The number of nitrogens with one attached hydrogen (secondary N) is 2. The van der Waals surface area contributed by atoms with Crippen LogP contribution in [0.15, 0.2) is 36.4 Å². The van der Waals surface area contributed by atoms with E-state index in [4.69, 9.17) is 30.2 Å². The number of aryl methyl sites for hydroxylation is 2. The lowest BCUT2D eigenvalue weighted by Crippen LogP contribution is -2.35. The zero-order chi connectivity index (χ0) is 25.7. The average molecular weight is 537 g/mol. The zero-order valence-electron chi connectivity index (χ0n) is 21.4. The fourth-order valence-electron chi connectivity index (χ4n) is 5.37. The molecule has 194 valence electrons. The van der Waals surface area contributed by atoms with Crippen LogP contribution in [0, 0.1) is 19.8 Å². The van der Waals surface area contributed by atoms with Crippen molar-refractivity contribution in [3.8, 4) is 10.6 Å². The molecule has 0 bridgehead atoms. The summed E-state index contributed by atoms with van der Waals surface area (Å²) in [5, 5.41) is 8.05. The summed E-state index contributed by atoms with van der Waals surface area (Å²) in [5.74, 6) is 0.931. The molecule has 1 aromatic carbocycles. The molecule has 4 atom stereocenters. The number of fused-ring (bicyclic) bond motifs is 2. The van der Waals surface area contributed by atoms with Crippen molar-refractivity contribution in [2.24, 2.45) is 11.7 Å². The van der Waals surface area contributed by atoms with Crippen LogP contribution in [0.5, 0.6) is 0 Å². The Bertz CT molecular complexity index is 1400. The summed E-state index contributed by atoms with van der Waals surface area (Å²) in [6.07, 6.45) is 0.708. The van der Waals surface area contributed by atoms with E-state index in [1.54, 1.807) is 22.7 Å². The van der Waals surface area contributed by atoms with Crippen LogP contribution in [0.1, 0.15) is 35.7 Å². The molecular weight excluding hydrogens is 504 g/mol. The Labute approximate surface area is 224 Å². The number of nitrogens with two attached hydrogens (primary N) is 1. The molecule has 0 amide bonds. The number of ether oxygens (including phenoxy) is 2. The topological polar surface area (TPSA) is 107 Å². The molecule has 10 heteroatoms. The summed E-state index contributed by atoms with van der Waals surface area (Å²) in [5.41, 5.74) is 8.90. The van der Waals surface area contributed by atoms with Gasteiger partial charge in [0.2, 0.25) is 5.95 Å². The van der Waals surface area contributed by atoms with E-state index in [1.165, 1.54) is 9.75 Å². The molecule has 3 aromatic heterocycles. The quantitative estimate of drug-likeness (QED) is 0.291. The Hall–Kier alpha value is -2.63. The highest BCUT2D eigenvalue weighted by molar-refractivity contribution is 7.21. The van der Waals surface area contributed by atoms with Crippen molar-refractivity contribution in [1.82, 2.24) is 15.0 Å². The first kappa shape index (κ1) is 24.7. The summed E-state index contributed by atoms with van der Waals surface area (Å²) < 4.78 is 13.7. The fraction of sp³-hybridized carbons (Fsp3) is 0.444. The molecule has 37 heavy (non-hydrogen) atoms. The lowest BCUT2D eigenvalue weighted by atomic mass is 10.1. The first-order valence-electron chi connectivity index (χ1n) is 12.7. The van der Waals surface area contributed by atoms with E-state index < -0.39 is 5.79 Å². The molecule has 2 aliphatic rings. The maximum absolute atomic E-state index is 6.34. The van der Waals surface area contributed by atoms with Crippen molar-refractivity contribution in [1.29, 1.82) is 0 Å². The zero-order valence-corrected chi connectivity index (χ0v) is 23.1. The highest BCUT2D eigenvalue weighted by atomic mass is 32.1. The van der Waals surface area contributed by atoms with Crippen LogP contribution in [0.2, 0.25) is 0 Å². The average Bonchev–Trinajstić information content (AvgIpc) is 3.60. The normalized spacial score (nSPS) is 24.5. The summed E-state index contributed by atoms with van der Waals surface area (Å²) in [7, 11) is 0. The molecule has 1 aliphatic heterocycles. The summed E-state index contributed by atoms with van der Waals surface area (Å²) in [6, 6.07) is 12.5. The first-order chi connectivity index (χ1) is 17.8. The number of benzene rings is 1. The highest BCUT2D eigenvalue weighted by Gasteiger charge is 2.53. The van der Waals surface area contributed by atoms with Gasteiger partial charge in [-0.05, 0) is 64.9 Å². The Morgan fingerprint density at radius 3 is 2.59 bits per heavy atom. The summed E-state index contributed by atoms with van der Waals surface area (Å²) >= 11 is 3.43. The van der Waals surface area contributed by atoms with Crippen LogP contribution in [0.4, 0.5) is 11.8 Å². The Morgan fingerprint density at radius 1 is 1.03 bits per heavy atom. The predicted octanol–water partition coefficient (Wildman–Crippen LogP) is 5.32. The fourth-order valence-corrected chi connectivity index (χ4v) is 7.27. The lowest BCUT2D eigenvalue weighted by molar-refractivity contribution is -0.156. The van der Waals surface area contributed by atoms with Crippen LogP contribution in [0.3, 0.4) is 0 Å². The van der Waals surface area contributed by atoms with Gasteiger partial charge in [0.25, 0.3) is 0 Å². The van der Waals surface area contributed by atoms with E-state index >= 15 is 0 Å². The third kappa shape index (κ3) is 4.84. The SMILES string of the molecule is Cc1ccc(CNc2nc(C)c(-c3nc4ccccc4s3)c(NC3CC(CN)C4OC(C)(C)OC34)n2)s1. The number of para-hydroxylation sites is 1. The molecule has 6 rings (SSSR count). The Balaban J connectivity index is 1.37. The molecule has 4 unspecified atom stereocenters. The van der Waals surface area contributed by atoms with Crippen molar-refractivity contribution in [3.05, 3.63) is 51.8 Å². The van der Waals surface area contributed by atoms with Gasteiger partial charge in [-0.1, -0.05) is 12.1 Å². The van der Waals surface area contributed by atoms with Crippen LogP contribution >= 0.6 is 22.7 Å². The Morgan fingerprint density at radius 2 is 1.84 bits per heavy atom. The van der Waals surface area contributed by atoms with Crippen molar-refractivity contribution >= 4 is 44.7 Å². The highest BCUT2D eigenvalue weighted by Crippen LogP contribution is 2.44. The van der Waals surface area contributed by atoms with E-state index in [0.717, 1.165) is 38.7 Å². The van der Waals surface area contributed by atoms with Gasteiger partial charge >= 0.3 is 0 Å². The van der Waals surface area contributed by atoms with Crippen molar-refractivity contribution in [2.45, 2.75) is 64.7 Å². The molecule has 8 nitrogen and oxygen atoms in total. The van der Waals surface area contributed by atoms with E-state index in [-0.39, 0.29) is 24.2 Å². The molecule has 4 heterocycles. The van der Waals surface area contributed by atoms with Gasteiger partial charge in [-0.2, -0.15) is 4.98 Å². The summed E-state index contributed by atoms with van der Waals surface area (Å²) in [6.45, 7) is 9.29. The number of thiazole rings is 1.